The second kappa shape index (κ2) is 7.30. The van der Waals surface area contributed by atoms with E-state index in [0.29, 0.717) is 22.5 Å². The van der Waals surface area contributed by atoms with Crippen LogP contribution in [0.5, 0.6) is 0 Å². The van der Waals surface area contributed by atoms with Gasteiger partial charge in [-0.3, -0.25) is 9.59 Å². The van der Waals surface area contributed by atoms with Gasteiger partial charge >= 0.3 is 5.97 Å². The van der Waals surface area contributed by atoms with Gasteiger partial charge in [0, 0.05) is 36.0 Å². The van der Waals surface area contributed by atoms with E-state index < -0.39 is 11.9 Å². The molecule has 1 aromatic carbocycles. The number of nitrogen functional groups attached to an aromatic ring is 1. The third-order valence-electron chi connectivity index (χ3n) is 5.05. The van der Waals surface area contributed by atoms with E-state index in [0.717, 1.165) is 0 Å². The van der Waals surface area contributed by atoms with Gasteiger partial charge in [-0.25, -0.2) is 14.4 Å². The van der Waals surface area contributed by atoms with Crippen LogP contribution in [0.25, 0.3) is 0 Å². The molecule has 2 heterocycles. The van der Waals surface area contributed by atoms with E-state index in [1.807, 2.05) is 0 Å². The minimum Gasteiger partial charge on any atom is -0.481 e. The molecule has 1 aliphatic rings. The second-order valence-corrected chi connectivity index (χ2v) is 6.81. The fraction of sp³-hybridized carbons (Fsp3) is 0.368. The van der Waals surface area contributed by atoms with Crippen molar-refractivity contribution >= 4 is 17.8 Å². The molecule has 1 aromatic heterocycles. The molecule has 2 aromatic rings. The monoisotopic (exact) mass is 372 g/mol. The highest BCUT2D eigenvalue weighted by Gasteiger charge is 2.40. The Morgan fingerprint density at radius 3 is 2.33 bits per heavy atom. The third kappa shape index (κ3) is 3.89. The zero-order valence-corrected chi connectivity index (χ0v) is 15.1. The van der Waals surface area contributed by atoms with Crippen molar-refractivity contribution in [2.24, 2.45) is 5.92 Å². The number of likely N-dealkylation sites (tertiary alicyclic amines) is 1. The van der Waals surface area contributed by atoms with E-state index in [4.69, 9.17) is 5.73 Å². The van der Waals surface area contributed by atoms with Crippen LogP contribution in [0.2, 0.25) is 0 Å². The Morgan fingerprint density at radius 2 is 1.78 bits per heavy atom. The van der Waals surface area contributed by atoms with Crippen molar-refractivity contribution in [3.05, 3.63) is 52.6 Å². The first-order valence-corrected chi connectivity index (χ1v) is 8.62. The minimum atomic E-state index is -0.970. The maximum absolute atomic E-state index is 13.2. The Kier molecular flexibility index (Phi) is 5.07. The maximum atomic E-state index is 13.2. The summed E-state index contributed by atoms with van der Waals surface area (Å²) < 4.78 is 13.2. The number of hydrogen-bond acceptors (Lipinski definition) is 5. The summed E-state index contributed by atoms with van der Waals surface area (Å²) in [5.41, 5.74) is 8.30. The molecule has 0 saturated carbocycles. The van der Waals surface area contributed by atoms with E-state index in [9.17, 15) is 19.1 Å². The summed E-state index contributed by atoms with van der Waals surface area (Å²) in [6, 6.07) is 5.76. The van der Waals surface area contributed by atoms with Crippen LogP contribution < -0.4 is 5.73 Å². The predicted molar refractivity (Wildman–Crippen MR) is 96.5 cm³/mol. The number of aliphatic carboxylic acids is 1. The molecular weight excluding hydrogens is 351 g/mol. The first kappa shape index (κ1) is 18.8. The van der Waals surface area contributed by atoms with Crippen molar-refractivity contribution in [3.63, 3.8) is 0 Å². The molecule has 3 rings (SSSR count). The molecule has 1 aliphatic heterocycles. The molecule has 142 valence electrons. The quantitative estimate of drug-likeness (QED) is 0.845. The Balaban J connectivity index is 1.80. The molecule has 8 heteroatoms. The van der Waals surface area contributed by atoms with Crippen LogP contribution in [-0.2, 0) is 16.0 Å². The lowest BCUT2D eigenvalue weighted by Crippen LogP contribution is -2.31. The van der Waals surface area contributed by atoms with Crippen molar-refractivity contribution in [2.45, 2.75) is 26.2 Å². The van der Waals surface area contributed by atoms with Crippen LogP contribution in [-0.4, -0.2) is 44.9 Å². The first-order chi connectivity index (χ1) is 12.8. The maximum Gasteiger partial charge on any atom is 0.308 e. The van der Waals surface area contributed by atoms with Gasteiger partial charge in [-0.1, -0.05) is 12.1 Å². The lowest BCUT2D eigenvalue weighted by Gasteiger charge is -2.18. The summed E-state index contributed by atoms with van der Waals surface area (Å²) in [5.74, 6) is -2.50. The summed E-state index contributed by atoms with van der Waals surface area (Å²) in [5, 5.41) is 9.56. The summed E-state index contributed by atoms with van der Waals surface area (Å²) >= 11 is 0. The predicted octanol–water partition coefficient (Wildman–Crippen LogP) is 1.68. The van der Waals surface area contributed by atoms with Crippen molar-refractivity contribution in [3.8, 4) is 0 Å². The van der Waals surface area contributed by atoms with E-state index in [2.05, 4.69) is 9.97 Å². The van der Waals surface area contributed by atoms with Crippen LogP contribution in [0, 0.1) is 25.6 Å². The van der Waals surface area contributed by atoms with Crippen LogP contribution >= 0.6 is 0 Å². The largest absolute Gasteiger partial charge is 0.481 e. The van der Waals surface area contributed by atoms with E-state index >= 15 is 0 Å². The average molecular weight is 372 g/mol. The van der Waals surface area contributed by atoms with Crippen molar-refractivity contribution < 1.29 is 19.1 Å². The smallest absolute Gasteiger partial charge is 0.308 e. The average Bonchev–Trinajstić information content (AvgIpc) is 3.04. The number of carboxylic acid groups (broad SMARTS) is 1. The highest BCUT2D eigenvalue weighted by Crippen LogP contribution is 2.33. The molecule has 0 radical (unpaired) electrons. The molecule has 1 amide bonds. The normalized spacial score (nSPS) is 19.3. The number of anilines is 1. The zero-order chi connectivity index (χ0) is 19.7. The highest BCUT2D eigenvalue weighted by molar-refractivity contribution is 5.82. The molecule has 3 N–H and O–H groups in total. The van der Waals surface area contributed by atoms with Crippen LogP contribution in [0.3, 0.4) is 0 Å². The number of benzene rings is 1. The SMILES string of the molecule is Cc1nc(N)nc(C)c1CC(=O)N1C[C@H](C(=O)O)[C@@H](c2ccc(F)cc2)C1. The third-order valence-corrected chi connectivity index (χ3v) is 5.05. The van der Waals surface area contributed by atoms with Gasteiger partial charge < -0.3 is 15.7 Å². The van der Waals surface area contributed by atoms with E-state index in [1.165, 1.54) is 12.1 Å². The highest BCUT2D eigenvalue weighted by atomic mass is 19.1. The molecule has 1 saturated heterocycles. The van der Waals surface area contributed by atoms with Gasteiger partial charge in [0.15, 0.2) is 0 Å². The number of aryl methyl sites for hydroxylation is 2. The van der Waals surface area contributed by atoms with Crippen molar-refractivity contribution in [1.29, 1.82) is 0 Å². The Morgan fingerprint density at radius 1 is 1.19 bits per heavy atom. The van der Waals surface area contributed by atoms with E-state index in [1.54, 1.807) is 30.9 Å². The van der Waals surface area contributed by atoms with E-state index in [-0.39, 0.29) is 43.1 Å². The lowest BCUT2D eigenvalue weighted by atomic mass is 9.89. The Labute approximate surface area is 156 Å². The summed E-state index contributed by atoms with van der Waals surface area (Å²) in [4.78, 5) is 34.2. The standard InChI is InChI=1S/C19H21FN4O3/c1-10-14(11(2)23-19(21)22-10)7-17(25)24-8-15(16(9-24)18(26)27)12-3-5-13(20)6-4-12/h3-6,15-16H,7-9H2,1-2H3,(H,26,27)(H2,21,22,23)/t15-,16+/m1/s1. The van der Waals surface area contributed by atoms with Gasteiger partial charge in [0.2, 0.25) is 11.9 Å². The van der Waals surface area contributed by atoms with Gasteiger partial charge in [0.1, 0.15) is 5.82 Å². The number of hydrogen-bond donors (Lipinski definition) is 2. The Bertz CT molecular complexity index is 862. The topological polar surface area (TPSA) is 109 Å². The lowest BCUT2D eigenvalue weighted by molar-refractivity contribution is -0.141. The summed E-state index contributed by atoms with van der Waals surface area (Å²) in [6.07, 6.45) is 0.0838. The van der Waals surface area contributed by atoms with Gasteiger partial charge in [-0.2, -0.15) is 0 Å². The van der Waals surface area contributed by atoms with Crippen LogP contribution in [0.4, 0.5) is 10.3 Å². The number of carbonyl (C=O) groups excluding carboxylic acids is 1. The second-order valence-electron chi connectivity index (χ2n) is 6.81. The zero-order valence-electron chi connectivity index (χ0n) is 15.1. The summed E-state index contributed by atoms with van der Waals surface area (Å²) in [6.45, 7) is 3.91. The molecule has 0 spiro atoms. The number of amides is 1. The van der Waals surface area contributed by atoms with Gasteiger partial charge in [0.25, 0.3) is 0 Å². The minimum absolute atomic E-state index is 0.0838. The number of carboxylic acids is 1. The van der Waals surface area contributed by atoms with Crippen molar-refractivity contribution in [1.82, 2.24) is 14.9 Å². The number of aromatic nitrogens is 2. The first-order valence-electron chi connectivity index (χ1n) is 8.62. The summed E-state index contributed by atoms with van der Waals surface area (Å²) in [7, 11) is 0. The number of carbonyl (C=O) groups is 2. The number of nitrogens with two attached hydrogens (primary N) is 1. The molecule has 2 atom stereocenters. The number of nitrogens with zero attached hydrogens (tertiary/aromatic N) is 3. The molecule has 0 bridgehead atoms. The molecular formula is C19H21FN4O3. The van der Waals surface area contributed by atoms with Gasteiger partial charge in [-0.15, -0.1) is 0 Å². The number of halogens is 1. The van der Waals surface area contributed by atoms with Crippen molar-refractivity contribution in [2.75, 3.05) is 18.8 Å². The van der Waals surface area contributed by atoms with Gasteiger partial charge in [0.05, 0.1) is 12.3 Å². The van der Waals surface area contributed by atoms with Gasteiger partial charge in [-0.05, 0) is 31.5 Å². The Hall–Kier alpha value is -3.03. The molecule has 7 nitrogen and oxygen atoms in total. The molecule has 1 fully saturated rings. The fourth-order valence-corrected chi connectivity index (χ4v) is 3.59. The van der Waals surface area contributed by atoms with Crippen LogP contribution in [0.1, 0.15) is 28.4 Å². The molecule has 0 aliphatic carbocycles. The fourth-order valence-electron chi connectivity index (χ4n) is 3.59. The number of rotatable bonds is 4. The van der Waals surface area contributed by atoms with Crippen LogP contribution in [0.15, 0.2) is 24.3 Å². The molecule has 0 unspecified atom stereocenters. The molecule has 27 heavy (non-hydrogen) atoms.